The molecule has 1 fully saturated rings. The van der Waals surface area contributed by atoms with Crippen molar-refractivity contribution in [2.24, 2.45) is 7.05 Å². The molecule has 25 heavy (non-hydrogen) atoms. The van der Waals surface area contributed by atoms with Gasteiger partial charge in [-0.3, -0.25) is 4.68 Å². The van der Waals surface area contributed by atoms with Crippen LogP contribution in [0.1, 0.15) is 24.2 Å². The van der Waals surface area contributed by atoms with Crippen molar-refractivity contribution in [1.29, 1.82) is 0 Å². The fourth-order valence-electron chi connectivity index (χ4n) is 2.86. The first-order chi connectivity index (χ1) is 11.8. The molecule has 3 rings (SSSR count). The van der Waals surface area contributed by atoms with Gasteiger partial charge in [-0.2, -0.15) is 5.10 Å². The van der Waals surface area contributed by atoms with Gasteiger partial charge in [0.1, 0.15) is 6.10 Å². The molecule has 0 unspecified atom stereocenters. The molecule has 0 saturated carbocycles. The third kappa shape index (κ3) is 4.10. The molecule has 0 aliphatic carbocycles. The molecule has 8 heteroatoms. The van der Waals surface area contributed by atoms with Gasteiger partial charge in [-0.05, 0) is 50.8 Å². The van der Waals surface area contributed by atoms with Crippen LogP contribution < -0.4 is 4.74 Å². The number of hydrogen-bond acceptors (Lipinski definition) is 4. The second kappa shape index (κ2) is 7.51. The van der Waals surface area contributed by atoms with Gasteiger partial charge < -0.3 is 4.74 Å². The third-order valence-electron chi connectivity index (χ3n) is 4.31. The Balaban J connectivity index is 1.59. The first-order valence-electron chi connectivity index (χ1n) is 8.09. The minimum absolute atomic E-state index is 0.0239. The zero-order valence-corrected chi connectivity index (χ0v) is 15.9. The van der Waals surface area contributed by atoms with Gasteiger partial charge in [0.15, 0.2) is 17.4 Å². The molecule has 2 aromatic rings. The zero-order chi connectivity index (χ0) is 18.1. The van der Waals surface area contributed by atoms with Gasteiger partial charge in [0, 0.05) is 25.2 Å². The lowest BCUT2D eigenvalue weighted by atomic mass is 10.1. The quantitative estimate of drug-likeness (QED) is 0.721. The van der Waals surface area contributed by atoms with Crippen molar-refractivity contribution < 1.29 is 13.5 Å². The van der Waals surface area contributed by atoms with Crippen LogP contribution in [-0.2, 0) is 7.05 Å². The van der Waals surface area contributed by atoms with Crippen LogP contribution in [0.15, 0.2) is 17.0 Å². The van der Waals surface area contributed by atoms with E-state index in [1.807, 2.05) is 25.6 Å². The maximum atomic E-state index is 13.8. The molecular weight excluding hydrogens is 368 g/mol. The van der Waals surface area contributed by atoms with Crippen LogP contribution in [0.2, 0.25) is 5.02 Å². The summed E-state index contributed by atoms with van der Waals surface area (Å²) in [5, 5.41) is 4.45. The summed E-state index contributed by atoms with van der Waals surface area (Å²) in [5.74, 6) is -1.86. The number of aryl methyl sites for hydroxylation is 2. The van der Waals surface area contributed by atoms with E-state index in [9.17, 15) is 8.78 Å². The maximum Gasteiger partial charge on any atom is 0.191 e. The molecule has 0 spiro atoms. The van der Waals surface area contributed by atoms with E-state index < -0.39 is 11.6 Å². The Labute approximate surface area is 155 Å². The van der Waals surface area contributed by atoms with Crippen molar-refractivity contribution in [2.75, 3.05) is 13.1 Å². The lowest BCUT2D eigenvalue weighted by molar-refractivity contribution is 0.128. The van der Waals surface area contributed by atoms with E-state index in [2.05, 4.69) is 9.40 Å². The normalized spacial score (nSPS) is 16.4. The summed E-state index contributed by atoms with van der Waals surface area (Å²) < 4.78 is 37.4. The molecule has 1 aliphatic rings. The highest BCUT2D eigenvalue weighted by atomic mass is 35.5. The van der Waals surface area contributed by atoms with Crippen LogP contribution in [-0.4, -0.2) is 33.3 Å². The first kappa shape index (κ1) is 18.5. The Hall–Kier alpha value is -1.31. The highest BCUT2D eigenvalue weighted by Gasteiger charge is 2.25. The van der Waals surface area contributed by atoms with Crippen molar-refractivity contribution in [1.82, 2.24) is 14.1 Å². The highest BCUT2D eigenvalue weighted by molar-refractivity contribution is 7.97. The van der Waals surface area contributed by atoms with E-state index >= 15 is 0 Å². The summed E-state index contributed by atoms with van der Waals surface area (Å²) in [6.07, 6.45) is 1.19. The van der Waals surface area contributed by atoms with E-state index in [0.29, 0.717) is 12.8 Å². The minimum Gasteiger partial charge on any atom is -0.484 e. The Morgan fingerprint density at radius 3 is 2.32 bits per heavy atom. The average Bonchev–Trinajstić information content (AvgIpc) is 2.78. The van der Waals surface area contributed by atoms with Crippen molar-refractivity contribution in [3.63, 3.8) is 0 Å². The molecule has 1 aromatic carbocycles. The second-order valence-corrected chi connectivity index (χ2v) is 7.70. The summed E-state index contributed by atoms with van der Waals surface area (Å²) in [4.78, 5) is 1.16. The Kier molecular flexibility index (Phi) is 5.55. The lowest BCUT2D eigenvalue weighted by Gasteiger charge is -2.31. The molecule has 136 valence electrons. The Morgan fingerprint density at radius 1 is 1.20 bits per heavy atom. The van der Waals surface area contributed by atoms with Gasteiger partial charge in [0.05, 0.1) is 16.3 Å². The van der Waals surface area contributed by atoms with E-state index in [1.54, 1.807) is 11.9 Å². The van der Waals surface area contributed by atoms with Gasteiger partial charge in [-0.1, -0.05) is 11.6 Å². The number of aromatic nitrogens is 2. The van der Waals surface area contributed by atoms with Gasteiger partial charge in [0.25, 0.3) is 0 Å². The van der Waals surface area contributed by atoms with Gasteiger partial charge in [-0.25, -0.2) is 13.1 Å². The molecule has 1 aromatic heterocycles. The summed E-state index contributed by atoms with van der Waals surface area (Å²) in [7, 11) is 1.93. The monoisotopic (exact) mass is 387 g/mol. The number of halogens is 3. The number of ether oxygens (including phenoxy) is 1. The van der Waals surface area contributed by atoms with Gasteiger partial charge in [0.2, 0.25) is 0 Å². The molecule has 0 bridgehead atoms. The van der Waals surface area contributed by atoms with Gasteiger partial charge in [-0.15, -0.1) is 0 Å². The van der Waals surface area contributed by atoms with Gasteiger partial charge >= 0.3 is 0 Å². The van der Waals surface area contributed by atoms with E-state index in [-0.39, 0.29) is 16.9 Å². The predicted octanol–water partition coefficient (Wildman–Crippen LogP) is 4.52. The van der Waals surface area contributed by atoms with Crippen LogP contribution >= 0.6 is 23.5 Å². The van der Waals surface area contributed by atoms with E-state index in [0.717, 1.165) is 41.5 Å². The largest absolute Gasteiger partial charge is 0.484 e. The van der Waals surface area contributed by atoms with Crippen LogP contribution in [0, 0.1) is 25.5 Å². The number of nitrogens with zero attached hydrogens (tertiary/aromatic N) is 3. The number of rotatable bonds is 4. The molecule has 0 atom stereocenters. The standard InChI is InChI=1S/C17H20ClF2N3OS/c1-10-17(11(2)22(3)21-10)25-23-6-4-13(5-7-23)24-16-14(19)8-12(18)9-15(16)20/h8-9,13H,4-7H2,1-3H3. The lowest BCUT2D eigenvalue weighted by Crippen LogP contribution is -2.34. The first-order valence-corrected chi connectivity index (χ1v) is 9.24. The van der Waals surface area contributed by atoms with Crippen molar-refractivity contribution in [2.45, 2.75) is 37.7 Å². The van der Waals surface area contributed by atoms with E-state index in [1.165, 1.54) is 0 Å². The van der Waals surface area contributed by atoms with Crippen molar-refractivity contribution in [3.8, 4) is 5.75 Å². The summed E-state index contributed by atoms with van der Waals surface area (Å²) in [6, 6.07) is 2.14. The number of hydrogen-bond donors (Lipinski definition) is 0. The summed E-state index contributed by atoms with van der Waals surface area (Å²) in [6.45, 7) is 5.60. The maximum absolute atomic E-state index is 13.8. The number of benzene rings is 1. The molecule has 1 saturated heterocycles. The zero-order valence-electron chi connectivity index (χ0n) is 14.4. The van der Waals surface area contributed by atoms with Crippen LogP contribution in [0.5, 0.6) is 5.75 Å². The van der Waals surface area contributed by atoms with Crippen LogP contribution in [0.4, 0.5) is 8.78 Å². The summed E-state index contributed by atoms with van der Waals surface area (Å²) in [5.41, 5.74) is 2.14. The molecular formula is C17H20ClF2N3OS. The number of piperidine rings is 1. The average molecular weight is 388 g/mol. The molecule has 4 nitrogen and oxygen atoms in total. The molecule has 0 amide bonds. The third-order valence-corrected chi connectivity index (χ3v) is 5.93. The molecule has 1 aliphatic heterocycles. The van der Waals surface area contributed by atoms with E-state index in [4.69, 9.17) is 16.3 Å². The molecule has 2 heterocycles. The predicted molar refractivity (Wildman–Crippen MR) is 95.1 cm³/mol. The second-order valence-electron chi connectivity index (χ2n) is 6.16. The Bertz CT molecular complexity index is 752. The topological polar surface area (TPSA) is 30.3 Å². The fraction of sp³-hybridized carbons (Fsp3) is 0.471. The molecule has 0 N–H and O–H groups in total. The smallest absolute Gasteiger partial charge is 0.191 e. The Morgan fingerprint density at radius 2 is 1.80 bits per heavy atom. The van der Waals surface area contributed by atoms with Crippen molar-refractivity contribution in [3.05, 3.63) is 40.2 Å². The SMILES string of the molecule is Cc1nn(C)c(C)c1SN1CCC(Oc2c(F)cc(Cl)cc2F)CC1. The minimum atomic E-state index is -0.761. The van der Waals surface area contributed by atoms with Crippen LogP contribution in [0.25, 0.3) is 0 Å². The molecule has 0 radical (unpaired) electrons. The van der Waals surface area contributed by atoms with Crippen molar-refractivity contribution >= 4 is 23.5 Å². The summed E-state index contributed by atoms with van der Waals surface area (Å²) >= 11 is 7.32. The van der Waals surface area contributed by atoms with Crippen LogP contribution in [0.3, 0.4) is 0 Å². The highest BCUT2D eigenvalue weighted by Crippen LogP contribution is 2.33. The fourth-order valence-corrected chi connectivity index (χ4v) is 4.15.